The Hall–Kier alpha value is -6.56. The molecule has 0 spiro atoms. The monoisotopic (exact) mass is 888 g/mol. The van der Waals surface area contributed by atoms with Crippen LogP contribution in [0.1, 0.15) is 41.4 Å². The Morgan fingerprint density at radius 2 is 0.526 bits per heavy atom. The molecule has 0 bridgehead atoms. The van der Waals surface area contributed by atoms with E-state index in [-0.39, 0.29) is 48.4 Å². The van der Waals surface area contributed by atoms with Gasteiger partial charge in [-0.15, -0.1) is 0 Å². The van der Waals surface area contributed by atoms with E-state index >= 15 is 0 Å². The molecule has 4 aromatic carbocycles. The molecule has 4 rings (SSSR count). The van der Waals surface area contributed by atoms with Gasteiger partial charge in [0.25, 0.3) is 0 Å². The van der Waals surface area contributed by atoms with Crippen molar-refractivity contribution in [1.82, 2.24) is 21.3 Å². The number of hydrogen-bond donors (Lipinski definition) is 4. The third-order valence-corrected chi connectivity index (χ3v) is 22.5. The van der Waals surface area contributed by atoms with E-state index in [2.05, 4.69) is 40.2 Å². The van der Waals surface area contributed by atoms with Crippen LogP contribution in [0.2, 0.25) is 0 Å². The van der Waals surface area contributed by atoms with E-state index in [1.165, 1.54) is 28.4 Å². The van der Waals surface area contributed by atoms with Gasteiger partial charge in [-0.3, -0.25) is 0 Å². The van der Waals surface area contributed by atoms with E-state index in [4.69, 9.17) is 0 Å². The summed E-state index contributed by atoms with van der Waals surface area (Å²) in [7, 11) is 4.83. The minimum atomic E-state index is -4.67. The molecule has 0 heterocycles. The summed E-state index contributed by atoms with van der Waals surface area (Å²) >= 11 is -4.67. The van der Waals surface area contributed by atoms with Crippen molar-refractivity contribution in [3.63, 3.8) is 0 Å². The van der Waals surface area contributed by atoms with Crippen LogP contribution in [0.25, 0.3) is 0 Å². The van der Waals surface area contributed by atoms with Gasteiger partial charge in [0.2, 0.25) is 0 Å². The van der Waals surface area contributed by atoms with Gasteiger partial charge >= 0.3 is 333 Å². The topological polar surface area (TPSA) is 222 Å². The number of esters is 4. The van der Waals surface area contributed by atoms with Gasteiger partial charge in [-0.1, -0.05) is 0 Å². The molecule has 57 heavy (non-hydrogen) atoms. The molecule has 0 aliphatic rings. The molecule has 0 aliphatic heterocycles. The van der Waals surface area contributed by atoms with Gasteiger partial charge in [-0.2, -0.15) is 0 Å². The average molecular weight is 887 g/mol. The Morgan fingerprint density at radius 1 is 0.351 bits per heavy atom. The summed E-state index contributed by atoms with van der Waals surface area (Å²) in [6.45, 7) is -1.34. The van der Waals surface area contributed by atoms with Crippen molar-refractivity contribution in [2.24, 2.45) is 0 Å². The maximum atomic E-state index is 13.0. The number of carbonyl (C=O) groups is 8. The first-order chi connectivity index (χ1) is 27.4. The standard InChI is InChI=1S/4C10H10NO3.Sn/c4*1-14-9(12)7-11-10(13)8-5-3-2-4-6-8;/h4*3-6H,7H2,1H3,(H,11,13);. The molecule has 0 saturated carbocycles. The van der Waals surface area contributed by atoms with E-state index in [9.17, 15) is 38.4 Å². The number of carbonyl (C=O) groups excluding carboxylic acids is 8. The summed E-state index contributed by atoms with van der Waals surface area (Å²) in [5, 5.41) is 10.1. The first-order valence-electron chi connectivity index (χ1n) is 17.2. The Kier molecular flexibility index (Phi) is 15.4. The number of ether oxygens (including phenoxy) is 4. The molecule has 4 N–H and O–H groups in total. The normalized spacial score (nSPS) is 10.6. The van der Waals surface area contributed by atoms with Crippen molar-refractivity contribution in [3.8, 4) is 0 Å². The van der Waals surface area contributed by atoms with E-state index in [0.717, 1.165) is 14.3 Å². The van der Waals surface area contributed by atoms with E-state index < -0.39 is 65.9 Å². The van der Waals surface area contributed by atoms with Crippen LogP contribution in [0, 0.1) is 0 Å². The van der Waals surface area contributed by atoms with Crippen LogP contribution in [-0.2, 0) is 38.1 Å². The third kappa shape index (κ3) is 10.8. The zero-order valence-corrected chi connectivity index (χ0v) is 34.3. The zero-order chi connectivity index (χ0) is 41.5. The van der Waals surface area contributed by atoms with Gasteiger partial charge in [0.05, 0.1) is 0 Å². The van der Waals surface area contributed by atoms with Crippen LogP contribution in [0.4, 0.5) is 0 Å². The van der Waals surface area contributed by atoms with E-state index in [0.29, 0.717) is 0 Å². The Labute approximate surface area is 331 Å². The molecule has 0 atom stereocenters. The fourth-order valence-corrected chi connectivity index (χ4v) is 19.1. The maximum absolute atomic E-state index is 13.0. The number of nitrogens with one attached hydrogen (secondary N) is 4. The quantitative estimate of drug-likeness (QED) is 0.0585. The fraction of sp³-hybridized carbons (Fsp3) is 0.200. The fourth-order valence-electron chi connectivity index (χ4n) is 5.79. The first-order valence-corrected chi connectivity index (χ1v) is 22.9. The predicted octanol–water partition coefficient (Wildman–Crippen LogP) is -1.32. The number of hydrogen-bond acceptors (Lipinski definition) is 12. The summed E-state index contributed by atoms with van der Waals surface area (Å²) < 4.78 is 21.7. The molecule has 0 unspecified atom stereocenters. The van der Waals surface area contributed by atoms with Crippen LogP contribution in [0.3, 0.4) is 0 Å². The second-order valence-electron chi connectivity index (χ2n) is 12.1. The van der Waals surface area contributed by atoms with Crippen molar-refractivity contribution in [2.45, 2.75) is 0 Å². The molecule has 17 heteroatoms. The summed E-state index contributed by atoms with van der Waals surface area (Å²) in [6.07, 6.45) is 0. The summed E-state index contributed by atoms with van der Waals surface area (Å²) in [4.78, 5) is 98.6. The molecule has 296 valence electrons. The average Bonchev–Trinajstić information content (AvgIpc) is 3.26. The molecule has 4 amide bonds. The SMILES string of the molecule is COC(=O)CNC(=O)c1cc[c]([Sn]([c]2ccc(C(=O)NCC(=O)OC)cc2)([c]2ccc(C(=O)NCC(=O)OC)cc2)[c]2ccc(C(=O)NCC(=O)OC)cc2)cc1. The van der Waals surface area contributed by atoms with Gasteiger partial charge in [-0.05, 0) is 0 Å². The van der Waals surface area contributed by atoms with Crippen molar-refractivity contribution in [3.05, 3.63) is 119 Å². The molecular formula is C40H40N4O12Sn. The first kappa shape index (κ1) is 43.2. The van der Waals surface area contributed by atoms with Gasteiger partial charge in [0, 0.05) is 0 Å². The van der Waals surface area contributed by atoms with Gasteiger partial charge < -0.3 is 0 Å². The van der Waals surface area contributed by atoms with Crippen molar-refractivity contribution in [2.75, 3.05) is 54.6 Å². The van der Waals surface area contributed by atoms with Crippen molar-refractivity contribution >= 4 is 80.2 Å². The second kappa shape index (κ2) is 20.4. The Bertz CT molecular complexity index is 1810. The number of amides is 4. The van der Waals surface area contributed by atoms with Crippen LogP contribution in [0.5, 0.6) is 0 Å². The molecule has 0 radical (unpaired) electrons. The van der Waals surface area contributed by atoms with Gasteiger partial charge in [0.15, 0.2) is 0 Å². The van der Waals surface area contributed by atoms with Gasteiger partial charge in [-0.25, -0.2) is 0 Å². The molecule has 16 nitrogen and oxygen atoms in total. The van der Waals surface area contributed by atoms with Crippen molar-refractivity contribution in [1.29, 1.82) is 0 Å². The third-order valence-electron chi connectivity index (χ3n) is 8.80. The van der Waals surface area contributed by atoms with Crippen molar-refractivity contribution < 1.29 is 57.3 Å². The van der Waals surface area contributed by atoms with Gasteiger partial charge in [0.1, 0.15) is 0 Å². The Balaban J connectivity index is 1.91. The van der Waals surface area contributed by atoms with Crippen LogP contribution in [0.15, 0.2) is 97.1 Å². The molecule has 0 aromatic heterocycles. The Morgan fingerprint density at radius 3 is 0.684 bits per heavy atom. The van der Waals surface area contributed by atoms with E-state index in [1.54, 1.807) is 97.1 Å². The van der Waals surface area contributed by atoms with Crippen LogP contribution in [-0.4, -0.2) is 121 Å². The number of benzene rings is 4. The number of rotatable bonds is 16. The minimum absolute atomic E-state index is 0.260. The summed E-state index contributed by atoms with van der Waals surface area (Å²) in [6, 6.07) is 27.3. The molecular weight excluding hydrogens is 847 g/mol. The number of methoxy groups -OCH3 is 4. The second-order valence-corrected chi connectivity index (χ2v) is 23.0. The molecule has 0 aliphatic carbocycles. The zero-order valence-electron chi connectivity index (χ0n) is 31.5. The summed E-state index contributed by atoms with van der Waals surface area (Å²) in [5.41, 5.74) is 1.04. The van der Waals surface area contributed by atoms with Crippen LogP contribution < -0.4 is 35.6 Å². The molecule has 0 fully saturated rings. The van der Waals surface area contributed by atoms with E-state index in [1.807, 2.05) is 0 Å². The summed E-state index contributed by atoms with van der Waals surface area (Å²) in [5.74, 6) is -4.55. The molecule has 4 aromatic rings. The molecule has 0 saturated heterocycles. The predicted molar refractivity (Wildman–Crippen MR) is 207 cm³/mol. The van der Waals surface area contributed by atoms with Crippen LogP contribution >= 0.6 is 0 Å².